The zero-order valence-corrected chi connectivity index (χ0v) is 11.2. The van der Waals surface area contributed by atoms with Crippen LogP contribution >= 0.6 is 0 Å². The molecule has 2 rings (SSSR count). The summed E-state index contributed by atoms with van der Waals surface area (Å²) >= 11 is 0. The van der Waals surface area contributed by atoms with E-state index in [4.69, 9.17) is 4.74 Å². The van der Waals surface area contributed by atoms with Crippen molar-refractivity contribution in [3.05, 3.63) is 24.3 Å². The molecule has 1 amide bonds. The predicted octanol–water partition coefficient (Wildman–Crippen LogP) is 2.42. The standard InChI is InChI=1S/C14H21N3O2/c1-2-19-14(18)17-12-5-3-11(4-6-12)16-13-7-9-15-10-8-13/h3-6,13,15-16H,2,7-10H2,1H3,(H,17,18). The van der Waals surface area contributed by atoms with Gasteiger partial charge in [-0.25, -0.2) is 4.79 Å². The number of carbonyl (C=O) groups excluding carboxylic acids is 1. The van der Waals surface area contributed by atoms with Crippen LogP contribution < -0.4 is 16.0 Å². The molecule has 0 aromatic heterocycles. The molecule has 1 aliphatic heterocycles. The van der Waals surface area contributed by atoms with Crippen LogP contribution in [0.4, 0.5) is 16.2 Å². The van der Waals surface area contributed by atoms with Crippen molar-refractivity contribution in [2.45, 2.75) is 25.8 Å². The minimum atomic E-state index is -0.415. The molecule has 0 aliphatic carbocycles. The average Bonchev–Trinajstić information content (AvgIpc) is 2.42. The van der Waals surface area contributed by atoms with E-state index < -0.39 is 6.09 Å². The molecule has 0 unspecified atom stereocenters. The lowest BCUT2D eigenvalue weighted by Gasteiger charge is -2.24. The zero-order chi connectivity index (χ0) is 13.5. The summed E-state index contributed by atoms with van der Waals surface area (Å²) in [6, 6.07) is 8.23. The summed E-state index contributed by atoms with van der Waals surface area (Å²) in [6.07, 6.45) is 1.87. The topological polar surface area (TPSA) is 62.4 Å². The summed E-state index contributed by atoms with van der Waals surface area (Å²) in [6.45, 7) is 4.30. The number of nitrogens with one attached hydrogen (secondary N) is 3. The summed E-state index contributed by atoms with van der Waals surface area (Å²) in [7, 11) is 0. The molecule has 0 spiro atoms. The number of benzene rings is 1. The maximum absolute atomic E-state index is 11.3. The van der Waals surface area contributed by atoms with Crippen molar-refractivity contribution in [3.8, 4) is 0 Å². The molecule has 1 fully saturated rings. The lowest BCUT2D eigenvalue weighted by atomic mass is 10.1. The molecule has 0 bridgehead atoms. The number of rotatable bonds is 4. The number of amides is 1. The highest BCUT2D eigenvalue weighted by atomic mass is 16.5. The van der Waals surface area contributed by atoms with Crippen LogP contribution in [0.2, 0.25) is 0 Å². The van der Waals surface area contributed by atoms with E-state index >= 15 is 0 Å². The second-order valence-corrected chi connectivity index (χ2v) is 4.59. The molecule has 1 heterocycles. The van der Waals surface area contributed by atoms with Gasteiger partial charge in [0.15, 0.2) is 0 Å². The summed E-state index contributed by atoms with van der Waals surface area (Å²) < 4.78 is 4.82. The first kappa shape index (κ1) is 13.7. The highest BCUT2D eigenvalue weighted by molar-refractivity contribution is 5.84. The van der Waals surface area contributed by atoms with Gasteiger partial charge in [0.2, 0.25) is 0 Å². The van der Waals surface area contributed by atoms with E-state index in [9.17, 15) is 4.79 Å². The molecule has 1 saturated heterocycles. The van der Waals surface area contributed by atoms with Gasteiger partial charge in [-0.3, -0.25) is 5.32 Å². The molecular formula is C14H21N3O2. The molecule has 0 atom stereocenters. The monoisotopic (exact) mass is 263 g/mol. The van der Waals surface area contributed by atoms with Crippen LogP contribution in [-0.4, -0.2) is 31.8 Å². The Bertz CT molecular complexity index is 400. The minimum Gasteiger partial charge on any atom is -0.450 e. The molecule has 0 saturated carbocycles. The molecule has 1 aliphatic rings. The molecule has 5 heteroatoms. The van der Waals surface area contributed by atoms with E-state index in [-0.39, 0.29) is 0 Å². The van der Waals surface area contributed by atoms with Gasteiger partial charge in [0.25, 0.3) is 0 Å². The predicted molar refractivity (Wildman–Crippen MR) is 76.6 cm³/mol. The number of hydrogen-bond acceptors (Lipinski definition) is 4. The van der Waals surface area contributed by atoms with E-state index in [0.717, 1.165) is 37.3 Å². The maximum Gasteiger partial charge on any atom is 0.411 e. The van der Waals surface area contributed by atoms with Gasteiger partial charge in [0.05, 0.1) is 6.61 Å². The van der Waals surface area contributed by atoms with E-state index in [2.05, 4.69) is 16.0 Å². The molecule has 104 valence electrons. The van der Waals surface area contributed by atoms with Crippen LogP contribution in [0.15, 0.2) is 24.3 Å². The number of ether oxygens (including phenoxy) is 1. The van der Waals surface area contributed by atoms with Gasteiger partial charge in [0, 0.05) is 17.4 Å². The average molecular weight is 263 g/mol. The summed E-state index contributed by atoms with van der Waals surface area (Å²) in [5.74, 6) is 0. The summed E-state index contributed by atoms with van der Waals surface area (Å²) in [5, 5.41) is 9.52. The molecule has 5 nitrogen and oxygen atoms in total. The maximum atomic E-state index is 11.3. The SMILES string of the molecule is CCOC(=O)Nc1ccc(NC2CCNCC2)cc1. The fourth-order valence-corrected chi connectivity index (χ4v) is 2.14. The van der Waals surface area contributed by atoms with E-state index in [1.54, 1.807) is 6.92 Å². The number of hydrogen-bond donors (Lipinski definition) is 3. The quantitative estimate of drug-likeness (QED) is 0.780. The summed E-state index contributed by atoms with van der Waals surface area (Å²) in [4.78, 5) is 11.3. The number of piperidine rings is 1. The van der Waals surface area contributed by atoms with Gasteiger partial charge in [-0.2, -0.15) is 0 Å². The van der Waals surface area contributed by atoms with Gasteiger partial charge >= 0.3 is 6.09 Å². The van der Waals surface area contributed by atoms with Crippen LogP contribution in [0.3, 0.4) is 0 Å². The van der Waals surface area contributed by atoms with Crippen molar-refractivity contribution < 1.29 is 9.53 Å². The van der Waals surface area contributed by atoms with Crippen LogP contribution in [0.5, 0.6) is 0 Å². The highest BCUT2D eigenvalue weighted by Gasteiger charge is 2.12. The first-order valence-corrected chi connectivity index (χ1v) is 6.79. The van der Waals surface area contributed by atoms with Crippen molar-refractivity contribution in [1.29, 1.82) is 0 Å². The Kier molecular flexibility index (Phi) is 5.03. The fraction of sp³-hybridized carbons (Fsp3) is 0.500. The third-order valence-corrected chi connectivity index (χ3v) is 3.12. The van der Waals surface area contributed by atoms with Crippen molar-refractivity contribution in [2.24, 2.45) is 0 Å². The van der Waals surface area contributed by atoms with E-state index in [1.807, 2.05) is 24.3 Å². The van der Waals surface area contributed by atoms with Gasteiger partial charge in [0.1, 0.15) is 0 Å². The van der Waals surface area contributed by atoms with Gasteiger partial charge < -0.3 is 15.4 Å². The van der Waals surface area contributed by atoms with Crippen LogP contribution in [-0.2, 0) is 4.74 Å². The lowest BCUT2D eigenvalue weighted by Crippen LogP contribution is -2.35. The molecule has 1 aromatic rings. The van der Waals surface area contributed by atoms with Crippen LogP contribution in [0.1, 0.15) is 19.8 Å². The molecule has 0 radical (unpaired) electrons. The smallest absolute Gasteiger partial charge is 0.411 e. The van der Waals surface area contributed by atoms with Crippen molar-refractivity contribution in [1.82, 2.24) is 5.32 Å². The van der Waals surface area contributed by atoms with Crippen LogP contribution in [0.25, 0.3) is 0 Å². The zero-order valence-electron chi connectivity index (χ0n) is 11.2. The Hall–Kier alpha value is -1.75. The van der Waals surface area contributed by atoms with Gasteiger partial charge in [-0.1, -0.05) is 0 Å². The van der Waals surface area contributed by atoms with E-state index in [1.165, 1.54) is 0 Å². The van der Waals surface area contributed by atoms with Gasteiger partial charge in [-0.15, -0.1) is 0 Å². The number of anilines is 2. The van der Waals surface area contributed by atoms with Crippen molar-refractivity contribution >= 4 is 17.5 Å². The first-order valence-electron chi connectivity index (χ1n) is 6.79. The number of carbonyl (C=O) groups is 1. The third-order valence-electron chi connectivity index (χ3n) is 3.12. The second-order valence-electron chi connectivity index (χ2n) is 4.59. The Morgan fingerprint density at radius 2 is 1.89 bits per heavy atom. The Balaban J connectivity index is 1.85. The lowest BCUT2D eigenvalue weighted by molar-refractivity contribution is 0.168. The Labute approximate surface area is 113 Å². The highest BCUT2D eigenvalue weighted by Crippen LogP contribution is 2.17. The third kappa shape index (κ3) is 4.44. The fourth-order valence-electron chi connectivity index (χ4n) is 2.14. The normalized spacial score (nSPS) is 15.8. The van der Waals surface area contributed by atoms with Crippen molar-refractivity contribution in [3.63, 3.8) is 0 Å². The summed E-state index contributed by atoms with van der Waals surface area (Å²) in [5.41, 5.74) is 1.83. The molecular weight excluding hydrogens is 242 g/mol. The second kappa shape index (κ2) is 6.99. The Morgan fingerprint density at radius 1 is 1.26 bits per heavy atom. The van der Waals surface area contributed by atoms with Crippen LogP contribution in [0, 0.1) is 0 Å². The first-order chi connectivity index (χ1) is 9.28. The molecule has 19 heavy (non-hydrogen) atoms. The minimum absolute atomic E-state index is 0.376. The molecule has 3 N–H and O–H groups in total. The van der Waals surface area contributed by atoms with Gasteiger partial charge in [-0.05, 0) is 57.1 Å². The van der Waals surface area contributed by atoms with E-state index in [0.29, 0.717) is 12.6 Å². The largest absolute Gasteiger partial charge is 0.450 e. The van der Waals surface area contributed by atoms with Crippen molar-refractivity contribution in [2.75, 3.05) is 30.3 Å². The molecule has 1 aromatic carbocycles. The Morgan fingerprint density at radius 3 is 2.53 bits per heavy atom.